The fourth-order valence-electron chi connectivity index (χ4n) is 2.73. The van der Waals surface area contributed by atoms with Gasteiger partial charge in [-0.3, -0.25) is 0 Å². The van der Waals surface area contributed by atoms with Gasteiger partial charge in [0.05, 0.1) is 32.5 Å². The number of likely N-dealkylation sites (N-methyl/N-ethyl adjacent to an activating group) is 1. The van der Waals surface area contributed by atoms with Crippen molar-refractivity contribution in [3.8, 4) is 11.5 Å². The predicted octanol–water partition coefficient (Wildman–Crippen LogP) is 2.67. The first-order valence-corrected chi connectivity index (χ1v) is 6.84. The molecule has 3 unspecified atom stereocenters. The largest absolute Gasteiger partial charge is 0.493 e. The van der Waals surface area contributed by atoms with E-state index in [1.165, 1.54) is 13.2 Å². The minimum atomic E-state index is -0.315. The third-order valence-corrected chi connectivity index (χ3v) is 3.79. The van der Waals surface area contributed by atoms with E-state index in [4.69, 9.17) is 14.2 Å². The highest BCUT2D eigenvalue weighted by atomic mass is 19.1. The molecule has 1 fully saturated rings. The number of benzene rings is 1. The Bertz CT molecular complexity index is 467. The van der Waals surface area contributed by atoms with Gasteiger partial charge in [0.25, 0.3) is 0 Å². The van der Waals surface area contributed by atoms with Crippen molar-refractivity contribution in [3.05, 3.63) is 23.5 Å². The lowest BCUT2D eigenvalue weighted by molar-refractivity contribution is 0.0325. The predicted molar refractivity (Wildman–Crippen MR) is 74.9 cm³/mol. The van der Waals surface area contributed by atoms with E-state index in [9.17, 15) is 4.39 Å². The van der Waals surface area contributed by atoms with Crippen molar-refractivity contribution in [3.63, 3.8) is 0 Å². The van der Waals surface area contributed by atoms with Crippen LogP contribution in [0.3, 0.4) is 0 Å². The van der Waals surface area contributed by atoms with E-state index >= 15 is 0 Å². The van der Waals surface area contributed by atoms with E-state index in [1.807, 2.05) is 14.0 Å². The molecule has 0 amide bonds. The van der Waals surface area contributed by atoms with Gasteiger partial charge in [-0.05, 0) is 32.9 Å². The lowest BCUT2D eigenvalue weighted by Gasteiger charge is -2.25. The summed E-state index contributed by atoms with van der Waals surface area (Å²) in [6.07, 6.45) is 2.11. The van der Waals surface area contributed by atoms with E-state index in [2.05, 4.69) is 5.32 Å². The molecule has 1 aliphatic rings. The number of rotatable bonds is 5. The maximum absolute atomic E-state index is 14.3. The Balaban J connectivity index is 2.34. The topological polar surface area (TPSA) is 39.7 Å². The normalized spacial score (nSPS) is 23.6. The lowest BCUT2D eigenvalue weighted by Crippen LogP contribution is -2.30. The standard InChI is InChI=1S/C15H22FNO3/c1-9-5-6-12(20-9)15(17-2)10-7-13(18-3)14(19-4)8-11(10)16/h7-9,12,15,17H,5-6H2,1-4H3. The maximum atomic E-state index is 14.3. The molecule has 1 heterocycles. The Morgan fingerprint density at radius 1 is 1.25 bits per heavy atom. The van der Waals surface area contributed by atoms with Crippen LogP contribution in [0.5, 0.6) is 11.5 Å². The summed E-state index contributed by atoms with van der Waals surface area (Å²) >= 11 is 0. The van der Waals surface area contributed by atoms with Crippen molar-refractivity contribution in [2.45, 2.75) is 38.0 Å². The number of ether oxygens (including phenoxy) is 3. The van der Waals surface area contributed by atoms with Crippen LogP contribution < -0.4 is 14.8 Å². The molecule has 1 aromatic carbocycles. The molecular weight excluding hydrogens is 261 g/mol. The van der Waals surface area contributed by atoms with E-state index in [0.29, 0.717) is 17.1 Å². The summed E-state index contributed by atoms with van der Waals surface area (Å²) in [5.41, 5.74) is 0.546. The molecule has 1 aromatic rings. The van der Waals surface area contributed by atoms with Gasteiger partial charge in [-0.25, -0.2) is 4.39 Å². The third kappa shape index (κ3) is 2.88. The van der Waals surface area contributed by atoms with Crippen molar-refractivity contribution in [1.82, 2.24) is 5.32 Å². The van der Waals surface area contributed by atoms with Crippen LogP contribution in [0.1, 0.15) is 31.4 Å². The molecule has 112 valence electrons. The second kappa shape index (κ2) is 6.41. The summed E-state index contributed by atoms with van der Waals surface area (Å²) in [5.74, 6) is 0.602. The van der Waals surface area contributed by atoms with Gasteiger partial charge in [0.15, 0.2) is 11.5 Å². The fraction of sp³-hybridized carbons (Fsp3) is 0.600. The molecule has 0 radical (unpaired) electrons. The first-order valence-electron chi connectivity index (χ1n) is 6.84. The van der Waals surface area contributed by atoms with Gasteiger partial charge in [0, 0.05) is 11.6 Å². The monoisotopic (exact) mass is 283 g/mol. The lowest BCUT2D eigenvalue weighted by atomic mass is 9.98. The zero-order chi connectivity index (χ0) is 14.7. The van der Waals surface area contributed by atoms with E-state index in [1.54, 1.807) is 13.2 Å². The number of nitrogens with one attached hydrogen (secondary N) is 1. The average molecular weight is 283 g/mol. The molecule has 20 heavy (non-hydrogen) atoms. The van der Waals surface area contributed by atoms with Gasteiger partial charge in [0.1, 0.15) is 5.82 Å². The first kappa shape index (κ1) is 15.1. The van der Waals surface area contributed by atoms with Crippen molar-refractivity contribution in [2.24, 2.45) is 0 Å². The number of hydrogen-bond donors (Lipinski definition) is 1. The second-order valence-electron chi connectivity index (χ2n) is 5.06. The van der Waals surface area contributed by atoms with Crippen LogP contribution >= 0.6 is 0 Å². The van der Waals surface area contributed by atoms with Gasteiger partial charge in [-0.15, -0.1) is 0 Å². The van der Waals surface area contributed by atoms with E-state index in [-0.39, 0.29) is 24.1 Å². The summed E-state index contributed by atoms with van der Waals surface area (Å²) in [7, 11) is 4.85. The van der Waals surface area contributed by atoms with Crippen molar-refractivity contribution in [2.75, 3.05) is 21.3 Å². The second-order valence-corrected chi connectivity index (χ2v) is 5.06. The molecule has 5 heteroatoms. The van der Waals surface area contributed by atoms with Crippen LogP contribution in [0.25, 0.3) is 0 Å². The number of methoxy groups -OCH3 is 2. The zero-order valence-electron chi connectivity index (χ0n) is 12.4. The highest BCUT2D eigenvalue weighted by molar-refractivity contribution is 5.45. The van der Waals surface area contributed by atoms with Crippen LogP contribution in [-0.4, -0.2) is 33.5 Å². The van der Waals surface area contributed by atoms with Crippen LogP contribution in [-0.2, 0) is 4.74 Å². The fourth-order valence-corrected chi connectivity index (χ4v) is 2.73. The van der Waals surface area contributed by atoms with Crippen molar-refractivity contribution >= 4 is 0 Å². The molecule has 0 aliphatic carbocycles. The third-order valence-electron chi connectivity index (χ3n) is 3.79. The summed E-state index contributed by atoms with van der Waals surface area (Å²) < 4.78 is 30.5. The molecule has 0 bridgehead atoms. The van der Waals surface area contributed by atoms with Crippen LogP contribution in [0.4, 0.5) is 4.39 Å². The summed E-state index contributed by atoms with van der Waals surface area (Å²) in [6.45, 7) is 2.04. The SMILES string of the molecule is CNC(c1cc(OC)c(OC)cc1F)C1CCC(C)O1. The van der Waals surface area contributed by atoms with Gasteiger partial charge in [-0.2, -0.15) is 0 Å². The molecule has 2 rings (SSSR count). The van der Waals surface area contributed by atoms with E-state index in [0.717, 1.165) is 12.8 Å². The molecule has 1 N–H and O–H groups in total. The van der Waals surface area contributed by atoms with Crippen LogP contribution in [0.2, 0.25) is 0 Å². The Labute approximate surface area is 119 Å². The van der Waals surface area contributed by atoms with Crippen molar-refractivity contribution < 1.29 is 18.6 Å². The summed E-state index contributed by atoms with van der Waals surface area (Å²) in [5, 5.41) is 3.15. The Kier molecular flexibility index (Phi) is 4.83. The highest BCUT2D eigenvalue weighted by Gasteiger charge is 2.32. The van der Waals surface area contributed by atoms with Gasteiger partial charge in [-0.1, -0.05) is 0 Å². The molecule has 4 nitrogen and oxygen atoms in total. The summed E-state index contributed by atoms with van der Waals surface area (Å²) in [6, 6.07) is 2.85. The van der Waals surface area contributed by atoms with Gasteiger partial charge >= 0.3 is 0 Å². The Morgan fingerprint density at radius 2 is 1.90 bits per heavy atom. The molecule has 0 saturated carbocycles. The quantitative estimate of drug-likeness (QED) is 0.902. The minimum Gasteiger partial charge on any atom is -0.493 e. The molecular formula is C15H22FNO3. The van der Waals surface area contributed by atoms with Gasteiger partial charge < -0.3 is 19.5 Å². The molecule has 1 saturated heterocycles. The Hall–Kier alpha value is -1.33. The first-order chi connectivity index (χ1) is 9.60. The highest BCUT2D eigenvalue weighted by Crippen LogP contribution is 2.36. The van der Waals surface area contributed by atoms with Crippen LogP contribution in [0, 0.1) is 5.82 Å². The minimum absolute atomic E-state index is 0.0254. The number of hydrogen-bond acceptors (Lipinski definition) is 4. The average Bonchev–Trinajstić information content (AvgIpc) is 2.87. The summed E-state index contributed by atoms with van der Waals surface area (Å²) in [4.78, 5) is 0. The molecule has 3 atom stereocenters. The van der Waals surface area contributed by atoms with Gasteiger partial charge in [0.2, 0.25) is 0 Å². The number of halogens is 1. The molecule has 0 aromatic heterocycles. The Morgan fingerprint density at radius 3 is 2.40 bits per heavy atom. The van der Waals surface area contributed by atoms with Crippen molar-refractivity contribution in [1.29, 1.82) is 0 Å². The zero-order valence-corrected chi connectivity index (χ0v) is 12.4. The van der Waals surface area contributed by atoms with E-state index < -0.39 is 0 Å². The molecule has 1 aliphatic heterocycles. The smallest absolute Gasteiger partial charge is 0.163 e. The maximum Gasteiger partial charge on any atom is 0.163 e. The molecule has 0 spiro atoms. The van der Waals surface area contributed by atoms with Crippen LogP contribution in [0.15, 0.2) is 12.1 Å².